The van der Waals surface area contributed by atoms with Gasteiger partial charge in [-0.3, -0.25) is 18.9 Å². The lowest BCUT2D eigenvalue weighted by Crippen LogP contribution is -2.36. The molecule has 0 spiro atoms. The molecule has 1 amide bonds. The smallest absolute Gasteiger partial charge is 0.267 e. The first-order valence-electron chi connectivity index (χ1n) is 9.60. The van der Waals surface area contributed by atoms with Crippen LogP contribution in [-0.2, 0) is 4.79 Å². The van der Waals surface area contributed by atoms with Crippen LogP contribution in [-0.4, -0.2) is 55.7 Å². The molecule has 6 nitrogen and oxygen atoms in total. The molecule has 9 heteroatoms. The summed E-state index contributed by atoms with van der Waals surface area (Å²) in [6.45, 7) is 6.20. The van der Waals surface area contributed by atoms with E-state index in [1.807, 2.05) is 37.7 Å². The highest BCUT2D eigenvalue weighted by Crippen LogP contribution is 2.33. The summed E-state index contributed by atoms with van der Waals surface area (Å²) >= 11 is 8.53. The quantitative estimate of drug-likeness (QED) is 0.528. The molecule has 0 radical (unpaired) electrons. The van der Waals surface area contributed by atoms with Gasteiger partial charge < -0.3 is 4.90 Å². The first-order valence-corrected chi connectivity index (χ1v) is 12.0. The number of aromatic nitrogens is 2. The zero-order valence-corrected chi connectivity index (χ0v) is 18.8. The average Bonchev–Trinajstić information content (AvgIpc) is 2.99. The maximum atomic E-state index is 13.4. The van der Waals surface area contributed by atoms with Crippen LogP contribution >= 0.6 is 35.7 Å². The van der Waals surface area contributed by atoms with Gasteiger partial charge in [-0.15, -0.1) is 0 Å². The monoisotopic (exact) mass is 446 g/mol. The minimum atomic E-state index is -0.160. The number of carbonyl (C=O) groups excluding carboxylic acids is 1. The SMILES string of the molecule is CCCN1C(=O)/C(=C/c2c(N3CCSCC3)nc3ccc(C)cn3c2=O)SC1=S. The number of pyridine rings is 1. The van der Waals surface area contributed by atoms with Crippen LogP contribution in [0.25, 0.3) is 11.7 Å². The van der Waals surface area contributed by atoms with Crippen LogP contribution in [0.3, 0.4) is 0 Å². The number of nitrogens with zero attached hydrogens (tertiary/aromatic N) is 4. The van der Waals surface area contributed by atoms with E-state index in [-0.39, 0.29) is 11.5 Å². The second kappa shape index (κ2) is 8.49. The average molecular weight is 447 g/mol. The van der Waals surface area contributed by atoms with Crippen molar-refractivity contribution >= 4 is 63.5 Å². The molecular weight excluding hydrogens is 424 g/mol. The van der Waals surface area contributed by atoms with Crippen LogP contribution in [0.5, 0.6) is 0 Å². The number of hydrogen-bond acceptors (Lipinski definition) is 7. The fourth-order valence-corrected chi connectivity index (χ4v) is 5.63. The minimum Gasteiger partial charge on any atom is -0.354 e. The summed E-state index contributed by atoms with van der Waals surface area (Å²) in [5.74, 6) is 2.51. The summed E-state index contributed by atoms with van der Waals surface area (Å²) < 4.78 is 2.11. The third-order valence-corrected chi connectivity index (χ3v) is 7.21. The van der Waals surface area contributed by atoms with Gasteiger partial charge in [0.25, 0.3) is 11.5 Å². The highest BCUT2D eigenvalue weighted by molar-refractivity contribution is 8.26. The van der Waals surface area contributed by atoms with Crippen LogP contribution in [0.4, 0.5) is 5.82 Å². The zero-order valence-electron chi connectivity index (χ0n) is 16.4. The fourth-order valence-electron chi connectivity index (χ4n) is 3.44. The molecule has 2 aromatic rings. The molecule has 0 unspecified atom stereocenters. The maximum absolute atomic E-state index is 13.4. The third-order valence-electron chi connectivity index (χ3n) is 4.89. The number of hydrogen-bond donors (Lipinski definition) is 0. The van der Waals surface area contributed by atoms with Gasteiger partial charge in [-0.25, -0.2) is 4.98 Å². The predicted molar refractivity (Wildman–Crippen MR) is 126 cm³/mol. The molecular formula is C20H22N4O2S3. The Bertz CT molecular complexity index is 1070. The normalized spacial score (nSPS) is 19.0. The Morgan fingerprint density at radius 2 is 2.00 bits per heavy atom. The van der Waals surface area contributed by atoms with E-state index in [1.165, 1.54) is 11.8 Å². The number of rotatable bonds is 4. The number of thioether (sulfide) groups is 2. The van der Waals surface area contributed by atoms with Crippen molar-refractivity contribution in [2.24, 2.45) is 0 Å². The molecule has 0 saturated carbocycles. The molecule has 2 fully saturated rings. The molecule has 29 heavy (non-hydrogen) atoms. The largest absolute Gasteiger partial charge is 0.354 e. The Hall–Kier alpha value is -1.84. The van der Waals surface area contributed by atoms with Crippen LogP contribution < -0.4 is 10.5 Å². The predicted octanol–water partition coefficient (Wildman–Crippen LogP) is 3.17. The van der Waals surface area contributed by atoms with E-state index in [2.05, 4.69) is 4.90 Å². The molecule has 0 bridgehead atoms. The van der Waals surface area contributed by atoms with Crippen LogP contribution in [0.15, 0.2) is 28.0 Å². The first kappa shape index (κ1) is 20.4. The van der Waals surface area contributed by atoms with Crippen LogP contribution in [0, 0.1) is 6.92 Å². The van der Waals surface area contributed by atoms with Gasteiger partial charge in [0.15, 0.2) is 0 Å². The number of carbonyl (C=O) groups is 1. The van der Waals surface area contributed by atoms with E-state index in [1.54, 1.807) is 21.6 Å². The van der Waals surface area contributed by atoms with E-state index in [4.69, 9.17) is 17.2 Å². The number of fused-ring (bicyclic) bond motifs is 1. The van der Waals surface area contributed by atoms with E-state index in [0.29, 0.717) is 32.8 Å². The molecule has 4 rings (SSSR count). The molecule has 2 saturated heterocycles. The second-order valence-electron chi connectivity index (χ2n) is 7.02. The first-order chi connectivity index (χ1) is 14.0. The Balaban J connectivity index is 1.87. The van der Waals surface area contributed by atoms with Crippen molar-refractivity contribution < 1.29 is 4.79 Å². The van der Waals surface area contributed by atoms with E-state index in [9.17, 15) is 9.59 Å². The van der Waals surface area contributed by atoms with Crippen molar-refractivity contribution in [3.05, 3.63) is 44.7 Å². The highest BCUT2D eigenvalue weighted by atomic mass is 32.2. The Labute approximate surface area is 183 Å². The van der Waals surface area contributed by atoms with Gasteiger partial charge >= 0.3 is 0 Å². The lowest BCUT2D eigenvalue weighted by molar-refractivity contribution is -0.122. The molecule has 0 aromatic carbocycles. The van der Waals surface area contributed by atoms with Gasteiger partial charge in [0.1, 0.15) is 15.8 Å². The van der Waals surface area contributed by atoms with Gasteiger partial charge in [-0.1, -0.05) is 37.0 Å². The summed E-state index contributed by atoms with van der Waals surface area (Å²) in [5, 5.41) is 0. The van der Waals surface area contributed by atoms with Gasteiger partial charge in [0.2, 0.25) is 0 Å². The molecule has 4 heterocycles. The van der Waals surface area contributed by atoms with Crippen molar-refractivity contribution in [2.45, 2.75) is 20.3 Å². The lowest BCUT2D eigenvalue weighted by Gasteiger charge is -2.28. The van der Waals surface area contributed by atoms with Crippen molar-refractivity contribution in [2.75, 3.05) is 36.0 Å². The summed E-state index contributed by atoms with van der Waals surface area (Å²) in [6.07, 6.45) is 4.31. The molecule has 152 valence electrons. The third kappa shape index (κ3) is 3.95. The highest BCUT2D eigenvalue weighted by Gasteiger charge is 2.32. The van der Waals surface area contributed by atoms with Crippen LogP contribution in [0.2, 0.25) is 0 Å². The molecule has 0 N–H and O–H groups in total. The minimum absolute atomic E-state index is 0.129. The van der Waals surface area contributed by atoms with Gasteiger partial charge in [-0.05, 0) is 31.1 Å². The van der Waals surface area contributed by atoms with Gasteiger partial charge in [-0.2, -0.15) is 11.8 Å². The number of thiocarbonyl (C=S) groups is 1. The summed E-state index contributed by atoms with van der Waals surface area (Å²) in [5.41, 5.74) is 1.89. The van der Waals surface area contributed by atoms with Gasteiger partial charge in [0, 0.05) is 37.3 Å². The maximum Gasteiger partial charge on any atom is 0.267 e. The lowest BCUT2D eigenvalue weighted by atomic mass is 10.2. The van der Waals surface area contributed by atoms with Crippen molar-refractivity contribution in [3.8, 4) is 0 Å². The molecule has 2 aliphatic rings. The fraction of sp³-hybridized carbons (Fsp3) is 0.400. The topological polar surface area (TPSA) is 57.9 Å². The van der Waals surface area contributed by atoms with E-state index >= 15 is 0 Å². The van der Waals surface area contributed by atoms with Crippen molar-refractivity contribution in [3.63, 3.8) is 0 Å². The summed E-state index contributed by atoms with van der Waals surface area (Å²) in [6, 6.07) is 3.82. The van der Waals surface area contributed by atoms with E-state index in [0.717, 1.165) is 36.6 Å². The summed E-state index contributed by atoms with van der Waals surface area (Å²) in [7, 11) is 0. The zero-order chi connectivity index (χ0) is 20.5. The van der Waals surface area contributed by atoms with Crippen LogP contribution in [0.1, 0.15) is 24.5 Å². The Morgan fingerprint density at radius 1 is 1.24 bits per heavy atom. The number of aryl methyl sites for hydroxylation is 1. The van der Waals surface area contributed by atoms with Crippen molar-refractivity contribution in [1.29, 1.82) is 0 Å². The summed E-state index contributed by atoms with van der Waals surface area (Å²) in [4.78, 5) is 35.3. The van der Waals surface area contributed by atoms with Crippen molar-refractivity contribution in [1.82, 2.24) is 14.3 Å². The van der Waals surface area contributed by atoms with E-state index < -0.39 is 0 Å². The van der Waals surface area contributed by atoms with Gasteiger partial charge in [0.05, 0.1) is 10.5 Å². The molecule has 2 aliphatic heterocycles. The second-order valence-corrected chi connectivity index (χ2v) is 9.92. The Morgan fingerprint density at radius 3 is 2.72 bits per heavy atom. The molecule has 2 aromatic heterocycles. The molecule has 0 atom stereocenters. The Kier molecular flexibility index (Phi) is 5.98. The number of anilines is 1. The number of amides is 1. The molecule has 0 aliphatic carbocycles. The standard InChI is InChI=1S/C20H22N4O2S3/c1-3-6-23-19(26)15(29-20(23)27)11-14-17(22-7-9-28-10-8-22)21-16-5-4-13(2)12-24(16)18(14)25/h4-5,11-12H,3,6-10H2,1-2H3/b15-11-.